The van der Waals surface area contributed by atoms with Gasteiger partial charge in [-0.1, -0.05) is 25.0 Å². The number of anilines is 1. The number of nitrogens with two attached hydrogens (primary N) is 1. The number of hydrogen-bond donors (Lipinski definition) is 1. The third-order valence-corrected chi connectivity index (χ3v) is 3.75. The van der Waals surface area contributed by atoms with Crippen molar-refractivity contribution in [1.82, 2.24) is 0 Å². The van der Waals surface area contributed by atoms with Crippen LogP contribution in [-0.2, 0) is 10.2 Å². The highest BCUT2D eigenvalue weighted by Crippen LogP contribution is 2.42. The van der Waals surface area contributed by atoms with E-state index >= 15 is 0 Å². The quantitative estimate of drug-likeness (QED) is 0.808. The predicted octanol–water partition coefficient (Wildman–Crippen LogP) is 3.51. The molecule has 17 heavy (non-hydrogen) atoms. The van der Waals surface area contributed by atoms with Crippen molar-refractivity contribution in [3.8, 4) is 0 Å². The van der Waals surface area contributed by atoms with Gasteiger partial charge in [0.2, 0.25) is 0 Å². The summed E-state index contributed by atoms with van der Waals surface area (Å²) in [5.74, 6) is 0. The fourth-order valence-corrected chi connectivity index (χ4v) is 2.76. The highest BCUT2D eigenvalue weighted by atomic mass is 16.5. The first kappa shape index (κ1) is 12.4. The minimum absolute atomic E-state index is 0.208. The lowest BCUT2D eigenvalue weighted by atomic mass is 9.79. The van der Waals surface area contributed by atoms with Gasteiger partial charge in [-0.2, -0.15) is 0 Å². The lowest BCUT2D eigenvalue weighted by Gasteiger charge is -2.30. The zero-order valence-electron chi connectivity index (χ0n) is 10.9. The van der Waals surface area contributed by atoms with E-state index in [1.165, 1.54) is 31.2 Å². The average Bonchev–Trinajstić information content (AvgIpc) is 2.76. The van der Waals surface area contributed by atoms with Gasteiger partial charge in [-0.25, -0.2) is 0 Å². The Morgan fingerprint density at radius 3 is 2.59 bits per heavy atom. The molecule has 0 saturated heterocycles. The van der Waals surface area contributed by atoms with E-state index in [1.54, 1.807) is 0 Å². The molecule has 0 unspecified atom stereocenters. The molecule has 2 heteroatoms. The first-order valence-corrected chi connectivity index (χ1v) is 6.60. The van der Waals surface area contributed by atoms with Crippen molar-refractivity contribution in [2.75, 3.05) is 12.3 Å². The lowest BCUT2D eigenvalue weighted by Crippen LogP contribution is -2.30. The molecule has 0 heterocycles. The number of nitrogen functional groups attached to an aromatic ring is 1. The summed E-state index contributed by atoms with van der Waals surface area (Å²) in [6.07, 6.45) is 5.35. The number of hydrogen-bond acceptors (Lipinski definition) is 2. The molecule has 94 valence electrons. The minimum Gasteiger partial charge on any atom is -0.399 e. The Morgan fingerprint density at radius 2 is 2.00 bits per heavy atom. The third-order valence-electron chi connectivity index (χ3n) is 3.75. The van der Waals surface area contributed by atoms with E-state index in [4.69, 9.17) is 10.5 Å². The summed E-state index contributed by atoms with van der Waals surface area (Å²) in [4.78, 5) is 0. The molecule has 0 radical (unpaired) electrons. The molecule has 1 aliphatic carbocycles. The molecule has 0 bridgehead atoms. The van der Waals surface area contributed by atoms with Crippen molar-refractivity contribution in [2.24, 2.45) is 0 Å². The molecule has 1 aliphatic rings. The Bertz CT molecular complexity index is 367. The van der Waals surface area contributed by atoms with Gasteiger partial charge in [0.05, 0.1) is 12.7 Å². The summed E-state index contributed by atoms with van der Waals surface area (Å²) in [5.41, 5.74) is 8.32. The molecular formula is C15H23NO. The zero-order chi connectivity index (χ0) is 12.3. The molecule has 0 atom stereocenters. The van der Waals surface area contributed by atoms with Gasteiger partial charge in [0.1, 0.15) is 0 Å². The minimum atomic E-state index is 0.208. The number of benzene rings is 1. The summed E-state index contributed by atoms with van der Waals surface area (Å²) in [5, 5.41) is 0. The Labute approximate surface area is 104 Å². The Kier molecular flexibility index (Phi) is 3.72. The lowest BCUT2D eigenvalue weighted by molar-refractivity contribution is 0.0389. The van der Waals surface area contributed by atoms with Crippen LogP contribution < -0.4 is 5.73 Å². The molecule has 1 saturated carbocycles. The summed E-state index contributed by atoms with van der Waals surface area (Å²) in [6.45, 7) is 5.03. The standard InChI is InChI=1S/C15H23NO/c1-12(2)17-11-15(8-3-4-9-15)13-6-5-7-14(16)10-13/h5-7,10,12H,3-4,8-9,11,16H2,1-2H3. The second kappa shape index (κ2) is 5.09. The monoisotopic (exact) mass is 233 g/mol. The van der Waals surface area contributed by atoms with Crippen molar-refractivity contribution in [3.63, 3.8) is 0 Å². The van der Waals surface area contributed by atoms with Crippen LogP contribution in [-0.4, -0.2) is 12.7 Å². The van der Waals surface area contributed by atoms with Crippen LogP contribution in [0.15, 0.2) is 24.3 Å². The molecule has 1 aromatic carbocycles. The summed E-state index contributed by atoms with van der Waals surface area (Å²) < 4.78 is 5.88. The Balaban J connectivity index is 2.21. The molecule has 1 fully saturated rings. The van der Waals surface area contributed by atoms with Gasteiger partial charge in [-0.05, 0) is 44.4 Å². The molecule has 1 aromatic rings. The van der Waals surface area contributed by atoms with Gasteiger partial charge in [0.25, 0.3) is 0 Å². The number of ether oxygens (including phenoxy) is 1. The molecule has 0 aromatic heterocycles. The number of rotatable bonds is 4. The normalized spacial score (nSPS) is 18.8. The van der Waals surface area contributed by atoms with Crippen molar-refractivity contribution in [2.45, 2.75) is 51.0 Å². The highest BCUT2D eigenvalue weighted by molar-refractivity contribution is 5.43. The van der Waals surface area contributed by atoms with Gasteiger partial charge in [-0.15, -0.1) is 0 Å². The maximum Gasteiger partial charge on any atom is 0.0566 e. The van der Waals surface area contributed by atoms with Gasteiger partial charge in [0, 0.05) is 11.1 Å². The highest BCUT2D eigenvalue weighted by Gasteiger charge is 2.36. The summed E-state index contributed by atoms with van der Waals surface area (Å²) in [7, 11) is 0. The van der Waals surface area contributed by atoms with E-state index in [0.29, 0.717) is 6.10 Å². The Hall–Kier alpha value is -1.02. The third kappa shape index (κ3) is 2.81. The van der Waals surface area contributed by atoms with Crippen LogP contribution in [0.5, 0.6) is 0 Å². The second-order valence-electron chi connectivity index (χ2n) is 5.47. The van der Waals surface area contributed by atoms with Crippen molar-refractivity contribution >= 4 is 5.69 Å². The first-order valence-electron chi connectivity index (χ1n) is 6.60. The predicted molar refractivity (Wildman–Crippen MR) is 72.1 cm³/mol. The Morgan fingerprint density at radius 1 is 1.29 bits per heavy atom. The molecular weight excluding hydrogens is 210 g/mol. The van der Waals surface area contributed by atoms with E-state index in [1.807, 2.05) is 6.07 Å². The van der Waals surface area contributed by atoms with Crippen LogP contribution in [0.2, 0.25) is 0 Å². The van der Waals surface area contributed by atoms with Crippen molar-refractivity contribution in [3.05, 3.63) is 29.8 Å². The van der Waals surface area contributed by atoms with E-state index in [2.05, 4.69) is 32.0 Å². The molecule has 0 spiro atoms. The average molecular weight is 233 g/mol. The fraction of sp³-hybridized carbons (Fsp3) is 0.600. The van der Waals surface area contributed by atoms with Crippen molar-refractivity contribution < 1.29 is 4.74 Å². The molecule has 0 aliphatic heterocycles. The van der Waals surface area contributed by atoms with Crippen LogP contribution in [0.25, 0.3) is 0 Å². The van der Waals surface area contributed by atoms with Gasteiger partial charge in [0.15, 0.2) is 0 Å². The second-order valence-corrected chi connectivity index (χ2v) is 5.47. The maximum atomic E-state index is 5.90. The molecule has 2 N–H and O–H groups in total. The first-order chi connectivity index (χ1) is 8.12. The van der Waals surface area contributed by atoms with Crippen LogP contribution in [0.1, 0.15) is 45.1 Å². The fourth-order valence-electron chi connectivity index (χ4n) is 2.76. The smallest absolute Gasteiger partial charge is 0.0566 e. The van der Waals surface area contributed by atoms with Gasteiger partial charge >= 0.3 is 0 Å². The summed E-state index contributed by atoms with van der Waals surface area (Å²) in [6, 6.07) is 8.33. The van der Waals surface area contributed by atoms with Crippen molar-refractivity contribution in [1.29, 1.82) is 0 Å². The molecule has 2 rings (SSSR count). The maximum absolute atomic E-state index is 5.90. The van der Waals surface area contributed by atoms with E-state index in [0.717, 1.165) is 12.3 Å². The topological polar surface area (TPSA) is 35.2 Å². The van der Waals surface area contributed by atoms with Crippen LogP contribution >= 0.6 is 0 Å². The molecule has 0 amide bonds. The van der Waals surface area contributed by atoms with Gasteiger partial charge < -0.3 is 10.5 Å². The van der Waals surface area contributed by atoms with Gasteiger partial charge in [-0.3, -0.25) is 0 Å². The van der Waals surface area contributed by atoms with Crippen LogP contribution in [0.3, 0.4) is 0 Å². The summed E-state index contributed by atoms with van der Waals surface area (Å²) >= 11 is 0. The van der Waals surface area contributed by atoms with E-state index in [-0.39, 0.29) is 5.41 Å². The van der Waals surface area contributed by atoms with Crippen LogP contribution in [0.4, 0.5) is 5.69 Å². The largest absolute Gasteiger partial charge is 0.399 e. The molecule has 2 nitrogen and oxygen atoms in total. The zero-order valence-corrected chi connectivity index (χ0v) is 10.9. The van der Waals surface area contributed by atoms with E-state index in [9.17, 15) is 0 Å². The van der Waals surface area contributed by atoms with Crippen LogP contribution in [0, 0.1) is 0 Å². The van der Waals surface area contributed by atoms with E-state index < -0.39 is 0 Å². The SMILES string of the molecule is CC(C)OCC1(c2cccc(N)c2)CCCC1.